The van der Waals surface area contributed by atoms with Crippen LogP contribution in [0, 0.1) is 11.8 Å². The molecule has 0 aromatic heterocycles. The zero-order valence-corrected chi connectivity index (χ0v) is 10.3. The fraction of sp³-hybridized carbons (Fsp3) is 0.917. The second-order valence-corrected chi connectivity index (χ2v) is 5.27. The van der Waals surface area contributed by atoms with Gasteiger partial charge in [-0.25, -0.2) is 0 Å². The van der Waals surface area contributed by atoms with E-state index in [1.54, 1.807) is 0 Å². The largest absolute Gasteiger partial charge is 0.391 e. The van der Waals surface area contributed by atoms with Gasteiger partial charge in [-0.3, -0.25) is 4.79 Å². The van der Waals surface area contributed by atoms with Gasteiger partial charge in [0, 0.05) is 12.5 Å². The Morgan fingerprint density at radius 3 is 2.53 bits per heavy atom. The molecule has 0 heterocycles. The van der Waals surface area contributed by atoms with Gasteiger partial charge in [-0.05, 0) is 25.2 Å². The highest BCUT2D eigenvalue weighted by molar-refractivity contribution is 5.76. The van der Waals surface area contributed by atoms with Gasteiger partial charge in [0.1, 0.15) is 0 Å². The molecule has 1 aliphatic carbocycles. The Morgan fingerprint density at radius 1 is 1.35 bits per heavy atom. The van der Waals surface area contributed by atoms with Crippen molar-refractivity contribution in [3.8, 4) is 0 Å². The van der Waals surface area contributed by atoms with Gasteiger partial charge in [-0.2, -0.15) is 13.2 Å². The molecule has 0 unspecified atom stereocenters. The molecular weight excluding hydrogens is 231 g/mol. The van der Waals surface area contributed by atoms with Crippen molar-refractivity contribution in [1.29, 1.82) is 0 Å². The van der Waals surface area contributed by atoms with Gasteiger partial charge in [0.15, 0.2) is 0 Å². The Balaban J connectivity index is 2.42. The van der Waals surface area contributed by atoms with Gasteiger partial charge in [0.25, 0.3) is 0 Å². The van der Waals surface area contributed by atoms with Crippen LogP contribution in [0.2, 0.25) is 0 Å². The normalized spacial score (nSPS) is 26.0. The van der Waals surface area contributed by atoms with Gasteiger partial charge in [0.05, 0.1) is 5.92 Å². The highest BCUT2D eigenvalue weighted by Crippen LogP contribution is 2.37. The minimum atomic E-state index is -4.12. The van der Waals surface area contributed by atoms with E-state index >= 15 is 0 Å². The average Bonchev–Trinajstić information content (AvgIpc) is 2.15. The summed E-state index contributed by atoms with van der Waals surface area (Å²) in [5, 5.41) is 2.71. The summed E-state index contributed by atoms with van der Waals surface area (Å²) in [6.07, 6.45) is -2.31. The van der Waals surface area contributed by atoms with E-state index in [0.29, 0.717) is 19.3 Å². The molecule has 0 radical (unpaired) electrons. The van der Waals surface area contributed by atoms with Crippen molar-refractivity contribution in [2.24, 2.45) is 11.8 Å². The van der Waals surface area contributed by atoms with Crippen LogP contribution in [-0.2, 0) is 4.79 Å². The predicted octanol–water partition coefficient (Wildman–Crippen LogP) is 3.27. The SMILES string of the molecule is CC(C)CC(=O)N[C@H]1CCC[C@@H](C(F)(F)F)C1. The summed E-state index contributed by atoms with van der Waals surface area (Å²) in [5.74, 6) is -1.15. The summed E-state index contributed by atoms with van der Waals surface area (Å²) < 4.78 is 37.6. The fourth-order valence-corrected chi connectivity index (χ4v) is 2.28. The lowest BCUT2D eigenvalue weighted by Crippen LogP contribution is -2.41. The summed E-state index contributed by atoms with van der Waals surface area (Å²) >= 11 is 0. The number of amides is 1. The van der Waals surface area contributed by atoms with Crippen LogP contribution in [0.4, 0.5) is 13.2 Å². The van der Waals surface area contributed by atoms with Crippen molar-refractivity contribution in [1.82, 2.24) is 5.32 Å². The topological polar surface area (TPSA) is 29.1 Å². The lowest BCUT2D eigenvalue weighted by Gasteiger charge is -2.31. The maximum atomic E-state index is 12.5. The standard InChI is InChI=1S/C12H20F3NO/c1-8(2)6-11(17)16-10-5-3-4-9(7-10)12(13,14)15/h8-10H,3-7H2,1-2H3,(H,16,17)/t9-,10+/m1/s1. The Bertz CT molecular complexity index is 263. The van der Waals surface area contributed by atoms with Crippen LogP contribution in [0.15, 0.2) is 0 Å². The van der Waals surface area contributed by atoms with Gasteiger partial charge in [-0.15, -0.1) is 0 Å². The highest BCUT2D eigenvalue weighted by atomic mass is 19.4. The lowest BCUT2D eigenvalue weighted by molar-refractivity contribution is -0.184. The molecule has 1 N–H and O–H groups in total. The van der Waals surface area contributed by atoms with E-state index in [-0.39, 0.29) is 30.7 Å². The molecule has 1 rings (SSSR count). The first-order valence-electron chi connectivity index (χ1n) is 6.15. The Morgan fingerprint density at radius 2 is 2.00 bits per heavy atom. The summed E-state index contributed by atoms with van der Waals surface area (Å²) in [4.78, 5) is 11.5. The molecule has 0 aromatic carbocycles. The van der Waals surface area contributed by atoms with E-state index in [1.807, 2.05) is 13.8 Å². The number of hydrogen-bond acceptors (Lipinski definition) is 1. The minimum absolute atomic E-state index is 0.0351. The van der Waals surface area contributed by atoms with Crippen LogP contribution in [0.1, 0.15) is 46.0 Å². The molecule has 2 nitrogen and oxygen atoms in total. The molecule has 5 heteroatoms. The van der Waals surface area contributed by atoms with Crippen LogP contribution in [0.3, 0.4) is 0 Å². The summed E-state index contributed by atoms with van der Waals surface area (Å²) in [6.45, 7) is 3.83. The molecule has 100 valence electrons. The zero-order chi connectivity index (χ0) is 13.1. The van der Waals surface area contributed by atoms with Crippen molar-refractivity contribution in [3.63, 3.8) is 0 Å². The van der Waals surface area contributed by atoms with Crippen LogP contribution in [-0.4, -0.2) is 18.1 Å². The third kappa shape index (κ3) is 4.96. The minimum Gasteiger partial charge on any atom is -0.353 e. The second kappa shape index (κ2) is 5.74. The van der Waals surface area contributed by atoms with E-state index in [4.69, 9.17) is 0 Å². The van der Waals surface area contributed by atoms with E-state index in [1.165, 1.54) is 0 Å². The number of alkyl halides is 3. The molecule has 1 amide bonds. The molecule has 2 atom stereocenters. The summed E-state index contributed by atoms with van der Waals surface area (Å²) in [6, 6.07) is -0.304. The van der Waals surface area contributed by atoms with Crippen molar-refractivity contribution in [2.45, 2.75) is 58.2 Å². The second-order valence-electron chi connectivity index (χ2n) is 5.27. The van der Waals surface area contributed by atoms with Gasteiger partial charge in [0.2, 0.25) is 5.91 Å². The molecule has 0 spiro atoms. The number of rotatable bonds is 3. The Labute approximate surface area is 100.0 Å². The van der Waals surface area contributed by atoms with Crippen LogP contribution in [0.25, 0.3) is 0 Å². The first-order chi connectivity index (χ1) is 7.79. The third-order valence-electron chi connectivity index (χ3n) is 3.10. The van der Waals surface area contributed by atoms with Gasteiger partial charge < -0.3 is 5.32 Å². The maximum Gasteiger partial charge on any atom is 0.391 e. The van der Waals surface area contributed by atoms with E-state index in [0.717, 1.165) is 0 Å². The average molecular weight is 251 g/mol. The van der Waals surface area contributed by atoms with Crippen LogP contribution in [0.5, 0.6) is 0 Å². The molecule has 1 aliphatic rings. The quantitative estimate of drug-likeness (QED) is 0.819. The van der Waals surface area contributed by atoms with Crippen molar-refractivity contribution >= 4 is 5.91 Å². The van der Waals surface area contributed by atoms with Crippen LogP contribution < -0.4 is 5.32 Å². The van der Waals surface area contributed by atoms with Crippen LogP contribution >= 0.6 is 0 Å². The first kappa shape index (κ1) is 14.3. The van der Waals surface area contributed by atoms with Gasteiger partial charge in [-0.1, -0.05) is 20.3 Å². The number of nitrogens with one attached hydrogen (secondary N) is 1. The number of carbonyl (C=O) groups excluding carboxylic acids is 1. The monoisotopic (exact) mass is 251 g/mol. The Hall–Kier alpha value is -0.740. The van der Waals surface area contributed by atoms with Crippen molar-refractivity contribution in [2.75, 3.05) is 0 Å². The Kier molecular flexibility index (Phi) is 4.83. The van der Waals surface area contributed by atoms with Crippen molar-refractivity contribution < 1.29 is 18.0 Å². The third-order valence-corrected chi connectivity index (χ3v) is 3.10. The molecule has 1 fully saturated rings. The number of hydrogen-bond donors (Lipinski definition) is 1. The highest BCUT2D eigenvalue weighted by Gasteiger charge is 2.42. The molecule has 1 saturated carbocycles. The van der Waals surface area contributed by atoms with E-state index in [9.17, 15) is 18.0 Å². The number of carbonyl (C=O) groups is 1. The fourth-order valence-electron chi connectivity index (χ4n) is 2.28. The molecule has 0 bridgehead atoms. The summed E-state index contributed by atoms with van der Waals surface area (Å²) in [5.41, 5.74) is 0. The van der Waals surface area contributed by atoms with E-state index < -0.39 is 12.1 Å². The molecule has 0 aliphatic heterocycles. The van der Waals surface area contributed by atoms with Crippen molar-refractivity contribution in [3.05, 3.63) is 0 Å². The number of halogens is 3. The maximum absolute atomic E-state index is 12.5. The molecule has 17 heavy (non-hydrogen) atoms. The first-order valence-corrected chi connectivity index (χ1v) is 6.15. The van der Waals surface area contributed by atoms with E-state index in [2.05, 4.69) is 5.32 Å². The lowest BCUT2D eigenvalue weighted by atomic mass is 9.85. The molecule has 0 aromatic rings. The molecular formula is C12H20F3NO. The molecule has 0 saturated heterocycles. The smallest absolute Gasteiger partial charge is 0.353 e. The predicted molar refractivity (Wildman–Crippen MR) is 59.4 cm³/mol. The summed E-state index contributed by atoms with van der Waals surface area (Å²) in [7, 11) is 0. The zero-order valence-electron chi connectivity index (χ0n) is 10.3. The van der Waals surface area contributed by atoms with Gasteiger partial charge >= 0.3 is 6.18 Å².